The lowest BCUT2D eigenvalue weighted by atomic mass is 9.85. The molecule has 1 aromatic rings. The van der Waals surface area contributed by atoms with Crippen LogP contribution in [0.4, 0.5) is 9.59 Å². The van der Waals surface area contributed by atoms with Gasteiger partial charge in [0.1, 0.15) is 23.7 Å². The zero-order chi connectivity index (χ0) is 39.4. The number of sulfonamides is 1. The van der Waals surface area contributed by atoms with Crippen molar-refractivity contribution in [3.8, 4) is 0 Å². The second kappa shape index (κ2) is 14.6. The molecular formula is C39H57N5O9S. The van der Waals surface area contributed by atoms with E-state index in [0.29, 0.717) is 32.4 Å². The topological polar surface area (TPSA) is 181 Å². The van der Waals surface area contributed by atoms with Crippen molar-refractivity contribution in [3.63, 3.8) is 0 Å². The van der Waals surface area contributed by atoms with Crippen molar-refractivity contribution >= 4 is 39.9 Å². The average Bonchev–Trinajstić information content (AvgIpc) is 4.00. The maximum Gasteiger partial charge on any atom is 0.410 e. The van der Waals surface area contributed by atoms with E-state index in [1.54, 1.807) is 32.6 Å². The molecule has 3 fully saturated rings. The minimum absolute atomic E-state index is 0.140. The number of nitrogens with one attached hydrogen (secondary N) is 3. The van der Waals surface area contributed by atoms with Gasteiger partial charge in [-0.1, -0.05) is 79.5 Å². The van der Waals surface area contributed by atoms with Crippen molar-refractivity contribution in [1.82, 2.24) is 25.2 Å². The molecule has 14 nitrogen and oxygen atoms in total. The van der Waals surface area contributed by atoms with E-state index in [2.05, 4.69) is 21.4 Å². The van der Waals surface area contributed by atoms with Gasteiger partial charge in [-0.25, -0.2) is 18.0 Å². The Balaban J connectivity index is 1.31. The lowest BCUT2D eigenvalue weighted by Gasteiger charge is -2.36. The predicted molar refractivity (Wildman–Crippen MR) is 199 cm³/mol. The Morgan fingerprint density at radius 1 is 1.06 bits per heavy atom. The van der Waals surface area contributed by atoms with Crippen LogP contribution in [0.5, 0.6) is 0 Å². The van der Waals surface area contributed by atoms with Crippen molar-refractivity contribution in [2.75, 3.05) is 13.2 Å². The van der Waals surface area contributed by atoms with Gasteiger partial charge < -0.3 is 25.0 Å². The minimum Gasteiger partial charge on any atom is -0.449 e. The van der Waals surface area contributed by atoms with Gasteiger partial charge in [0, 0.05) is 19.0 Å². The molecule has 6 atom stereocenters. The molecule has 54 heavy (non-hydrogen) atoms. The van der Waals surface area contributed by atoms with Gasteiger partial charge in [0.2, 0.25) is 21.8 Å². The second-order valence-corrected chi connectivity index (χ2v) is 19.9. The number of cyclic esters (lactones) is 1. The van der Waals surface area contributed by atoms with E-state index in [1.165, 1.54) is 10.5 Å². The highest BCUT2D eigenvalue weighted by atomic mass is 32.2. The minimum atomic E-state index is -3.89. The zero-order valence-electron chi connectivity index (χ0n) is 32.7. The molecule has 1 aromatic carbocycles. The Morgan fingerprint density at radius 3 is 2.41 bits per heavy atom. The van der Waals surface area contributed by atoms with Gasteiger partial charge in [0.15, 0.2) is 0 Å². The average molecular weight is 772 g/mol. The van der Waals surface area contributed by atoms with E-state index >= 15 is 0 Å². The van der Waals surface area contributed by atoms with Crippen LogP contribution in [-0.2, 0) is 53.4 Å². The Bertz CT molecular complexity index is 1790. The van der Waals surface area contributed by atoms with E-state index in [9.17, 15) is 32.4 Å². The summed E-state index contributed by atoms with van der Waals surface area (Å²) >= 11 is 0. The van der Waals surface area contributed by atoms with E-state index < -0.39 is 80.2 Å². The summed E-state index contributed by atoms with van der Waals surface area (Å²) in [5.74, 6) is -3.08. The smallest absolute Gasteiger partial charge is 0.410 e. The third-order valence-corrected chi connectivity index (χ3v) is 13.8. The summed E-state index contributed by atoms with van der Waals surface area (Å²) in [4.78, 5) is 72.8. The Hall–Kier alpha value is -3.88. The van der Waals surface area contributed by atoms with E-state index in [1.807, 2.05) is 32.9 Å². The number of carbonyl (C=O) groups excluding carboxylic acids is 5. The van der Waals surface area contributed by atoms with E-state index in [4.69, 9.17) is 9.47 Å². The van der Waals surface area contributed by atoms with Gasteiger partial charge in [-0.3, -0.25) is 24.0 Å². The molecule has 3 N–H and O–H groups in total. The molecule has 1 saturated heterocycles. The van der Waals surface area contributed by atoms with E-state index in [-0.39, 0.29) is 30.9 Å². The van der Waals surface area contributed by atoms with Gasteiger partial charge in [0.05, 0.1) is 18.4 Å². The van der Waals surface area contributed by atoms with Crippen molar-refractivity contribution in [3.05, 3.63) is 34.9 Å². The highest BCUT2D eigenvalue weighted by molar-refractivity contribution is 7.91. The first-order chi connectivity index (χ1) is 25.3. The summed E-state index contributed by atoms with van der Waals surface area (Å²) < 4.78 is 39.5. The second-order valence-electron chi connectivity index (χ2n) is 18.0. The van der Waals surface area contributed by atoms with Gasteiger partial charge in [0.25, 0.3) is 5.91 Å². The summed E-state index contributed by atoms with van der Waals surface area (Å²) in [6.07, 6.45) is 2.93. The number of fused-ring (bicyclic) bond motifs is 3. The number of ether oxygens (including phenoxy) is 2. The van der Waals surface area contributed by atoms with Crippen LogP contribution in [0.25, 0.3) is 0 Å². The molecule has 4 bridgehead atoms. The molecule has 3 aliphatic heterocycles. The third kappa shape index (κ3) is 8.20. The van der Waals surface area contributed by atoms with Crippen LogP contribution in [0.1, 0.15) is 110 Å². The number of carbonyl (C=O) groups is 5. The molecule has 5 aliphatic rings. The van der Waals surface area contributed by atoms with E-state index in [0.717, 1.165) is 36.8 Å². The number of amides is 5. The van der Waals surface area contributed by atoms with Crippen LogP contribution in [0.3, 0.4) is 0 Å². The van der Waals surface area contributed by atoms with Crippen LogP contribution < -0.4 is 15.4 Å². The number of rotatable bonds is 6. The molecule has 15 heteroatoms. The van der Waals surface area contributed by atoms with Crippen LogP contribution in [-0.4, -0.2) is 90.3 Å². The van der Waals surface area contributed by atoms with Crippen LogP contribution >= 0.6 is 0 Å². The fourth-order valence-electron chi connectivity index (χ4n) is 8.28. The summed E-state index contributed by atoms with van der Waals surface area (Å²) in [6.45, 7) is 13.8. The molecule has 0 radical (unpaired) electrons. The Morgan fingerprint density at radius 2 is 1.76 bits per heavy atom. The largest absolute Gasteiger partial charge is 0.449 e. The quantitative estimate of drug-likeness (QED) is 0.383. The lowest BCUT2D eigenvalue weighted by molar-refractivity contribution is -0.143. The predicted octanol–water partition coefficient (Wildman–Crippen LogP) is 4.14. The van der Waals surface area contributed by atoms with Crippen LogP contribution in [0.15, 0.2) is 18.2 Å². The van der Waals surface area contributed by atoms with Gasteiger partial charge >= 0.3 is 12.2 Å². The SMILES string of the molecule is CC[C@@H]1C[C@]1(NC(=O)[C@@H]1[C@H](C)[C@@H]2CN1C(=O)[C@H](C(C)(C)C)NC(=O)OCC(C)(C)CCCCc1cccc3c1CN(C3)C(=O)O2)C(=O)NS(=O)(=O)C1CC1. The lowest BCUT2D eigenvalue weighted by Crippen LogP contribution is -2.61. The first kappa shape index (κ1) is 39.8. The molecular weight excluding hydrogens is 715 g/mol. The fourth-order valence-corrected chi connectivity index (χ4v) is 9.65. The molecule has 298 valence electrons. The normalized spacial score (nSPS) is 30.5. The summed E-state index contributed by atoms with van der Waals surface area (Å²) in [6, 6.07) is 3.76. The molecule has 2 saturated carbocycles. The number of hydrogen-bond acceptors (Lipinski definition) is 9. The highest BCUT2D eigenvalue weighted by Crippen LogP contribution is 2.47. The molecule has 6 rings (SSSR count). The zero-order valence-corrected chi connectivity index (χ0v) is 33.5. The molecule has 0 unspecified atom stereocenters. The maximum atomic E-state index is 14.6. The van der Waals surface area contributed by atoms with Gasteiger partial charge in [-0.15, -0.1) is 0 Å². The Kier molecular flexibility index (Phi) is 10.8. The van der Waals surface area contributed by atoms with Crippen molar-refractivity contribution in [1.29, 1.82) is 0 Å². The summed E-state index contributed by atoms with van der Waals surface area (Å²) in [7, 11) is -3.89. The number of benzene rings is 1. The fraction of sp³-hybridized carbons (Fsp3) is 0.718. The molecule has 5 amide bonds. The molecule has 0 aromatic heterocycles. The standard InChI is InChI=1S/C39H57N5O9S/c1-8-26-18-39(26,34(47)42-54(50,51)27-15-16-27)41-32(45)30-23(2)29-21-44(30)33(46)31(37(3,4)5)40-35(48)52-22-38(6,7)17-10-9-12-24-13-11-14-25-19-43(20-28(24)25)36(49)53-29/h11,13-14,23,26-27,29-31H,8-10,12,15-22H2,1-7H3,(H,40,48)(H,41,45)(H,42,47)/t23-,26-,29+,30+,31-,39-/m1/s1. The van der Waals surface area contributed by atoms with Gasteiger partial charge in [-0.05, 0) is 72.0 Å². The first-order valence-electron chi connectivity index (χ1n) is 19.4. The number of hydrogen-bond donors (Lipinski definition) is 3. The number of nitrogens with zero attached hydrogens (tertiary/aromatic N) is 2. The first-order valence-corrected chi connectivity index (χ1v) is 21.0. The van der Waals surface area contributed by atoms with Crippen LogP contribution in [0, 0.1) is 22.7 Å². The third-order valence-electron chi connectivity index (χ3n) is 12.0. The summed E-state index contributed by atoms with van der Waals surface area (Å²) in [5.41, 5.74) is 0.707. The summed E-state index contributed by atoms with van der Waals surface area (Å²) in [5, 5.41) is 4.99. The maximum absolute atomic E-state index is 14.6. The van der Waals surface area contributed by atoms with Crippen molar-refractivity contribution in [2.24, 2.45) is 22.7 Å². The molecule has 0 spiro atoms. The molecule has 2 aliphatic carbocycles. The number of alkyl carbamates (subject to hydrolysis) is 1. The van der Waals surface area contributed by atoms with Gasteiger partial charge in [-0.2, -0.15) is 0 Å². The van der Waals surface area contributed by atoms with Crippen molar-refractivity contribution in [2.45, 2.75) is 142 Å². The van der Waals surface area contributed by atoms with Crippen LogP contribution in [0.2, 0.25) is 0 Å². The number of aryl methyl sites for hydroxylation is 1. The Labute approximate surface area is 318 Å². The highest BCUT2D eigenvalue weighted by Gasteiger charge is 2.63. The van der Waals surface area contributed by atoms with Crippen molar-refractivity contribution < 1.29 is 41.9 Å². The molecule has 3 heterocycles. The monoisotopic (exact) mass is 771 g/mol.